The van der Waals surface area contributed by atoms with Gasteiger partial charge >= 0.3 is 0 Å². The summed E-state index contributed by atoms with van der Waals surface area (Å²) in [4.78, 5) is 27.0. The molecule has 1 aliphatic rings. The Morgan fingerprint density at radius 2 is 1.96 bits per heavy atom. The average molecular weight is 395 g/mol. The minimum atomic E-state index is -0.609. The molecule has 136 valence electrons. The Hall–Kier alpha value is -2.11. The van der Waals surface area contributed by atoms with E-state index >= 15 is 0 Å². The maximum atomic E-state index is 13.2. The predicted molar refractivity (Wildman–Crippen MR) is 100 cm³/mol. The molecule has 1 saturated heterocycles. The highest BCUT2D eigenvalue weighted by molar-refractivity contribution is 6.35. The largest absolute Gasteiger partial charge is 0.327 e. The van der Waals surface area contributed by atoms with Crippen LogP contribution in [0.2, 0.25) is 10.0 Å². The molecule has 0 aromatic heterocycles. The fourth-order valence-corrected chi connectivity index (χ4v) is 3.45. The number of hydrogen-bond acceptors (Lipinski definition) is 2. The zero-order valence-corrected chi connectivity index (χ0v) is 15.6. The lowest BCUT2D eigenvalue weighted by molar-refractivity contribution is -0.119. The second kappa shape index (κ2) is 7.64. The van der Waals surface area contributed by atoms with Gasteiger partial charge in [0.1, 0.15) is 11.9 Å². The molecule has 1 heterocycles. The van der Waals surface area contributed by atoms with E-state index in [1.165, 1.54) is 29.2 Å². The molecule has 1 atom stereocenters. The van der Waals surface area contributed by atoms with E-state index in [0.717, 1.165) is 0 Å². The third-order valence-electron chi connectivity index (χ3n) is 4.42. The molecule has 2 aromatic carbocycles. The van der Waals surface area contributed by atoms with Crippen molar-refractivity contribution in [1.82, 2.24) is 4.90 Å². The Labute approximate surface area is 160 Å². The van der Waals surface area contributed by atoms with Crippen molar-refractivity contribution < 1.29 is 14.0 Å². The molecule has 2 amide bonds. The van der Waals surface area contributed by atoms with Crippen molar-refractivity contribution in [1.29, 1.82) is 0 Å². The van der Waals surface area contributed by atoms with Crippen molar-refractivity contribution in [3.63, 3.8) is 0 Å². The number of halogens is 3. The van der Waals surface area contributed by atoms with Crippen molar-refractivity contribution in [3.8, 4) is 0 Å². The molecule has 4 nitrogen and oxygen atoms in total. The van der Waals surface area contributed by atoms with Crippen LogP contribution in [-0.4, -0.2) is 29.3 Å². The maximum Gasteiger partial charge on any atom is 0.256 e. The van der Waals surface area contributed by atoms with E-state index in [9.17, 15) is 14.0 Å². The van der Waals surface area contributed by atoms with Crippen LogP contribution in [0.4, 0.5) is 10.1 Å². The Kier molecular flexibility index (Phi) is 5.49. The molecule has 2 aromatic rings. The topological polar surface area (TPSA) is 49.4 Å². The summed E-state index contributed by atoms with van der Waals surface area (Å²) in [5, 5.41) is 3.48. The van der Waals surface area contributed by atoms with E-state index in [-0.39, 0.29) is 23.2 Å². The summed E-state index contributed by atoms with van der Waals surface area (Å²) >= 11 is 12.1. The van der Waals surface area contributed by atoms with Crippen LogP contribution in [0.25, 0.3) is 0 Å². The number of carbonyl (C=O) groups excluding carboxylic acids is 2. The van der Waals surface area contributed by atoms with E-state index in [4.69, 9.17) is 23.2 Å². The fraction of sp³-hybridized carbons (Fsp3) is 0.263. The highest BCUT2D eigenvalue weighted by Gasteiger charge is 2.35. The second-order valence-electron chi connectivity index (χ2n) is 6.23. The second-order valence-corrected chi connectivity index (χ2v) is 7.07. The van der Waals surface area contributed by atoms with Crippen molar-refractivity contribution >= 4 is 40.7 Å². The number of likely N-dealkylation sites (tertiary alicyclic amines) is 1. The summed E-state index contributed by atoms with van der Waals surface area (Å²) in [5.74, 6) is -0.997. The van der Waals surface area contributed by atoms with Crippen LogP contribution < -0.4 is 5.32 Å². The van der Waals surface area contributed by atoms with Gasteiger partial charge in [0.15, 0.2) is 0 Å². The number of aryl methyl sites for hydroxylation is 1. The van der Waals surface area contributed by atoms with Crippen molar-refractivity contribution in [2.45, 2.75) is 25.8 Å². The monoisotopic (exact) mass is 394 g/mol. The summed E-state index contributed by atoms with van der Waals surface area (Å²) in [5.41, 5.74) is 1.42. The highest BCUT2D eigenvalue weighted by Crippen LogP contribution is 2.27. The number of hydrogen-bond donors (Lipinski definition) is 1. The third-order valence-corrected chi connectivity index (χ3v) is 4.99. The summed E-state index contributed by atoms with van der Waals surface area (Å²) in [6.07, 6.45) is 1.26. The zero-order valence-electron chi connectivity index (χ0n) is 14.1. The number of anilines is 1. The van der Waals surface area contributed by atoms with Crippen LogP contribution >= 0.6 is 23.2 Å². The first kappa shape index (κ1) is 18.7. The summed E-state index contributed by atoms with van der Waals surface area (Å²) in [6.45, 7) is 2.17. The zero-order chi connectivity index (χ0) is 18.8. The number of nitrogens with one attached hydrogen (secondary N) is 1. The molecule has 1 aliphatic heterocycles. The molecule has 7 heteroatoms. The normalized spacial score (nSPS) is 16.6. The number of carbonyl (C=O) groups is 2. The van der Waals surface area contributed by atoms with Crippen molar-refractivity contribution in [3.05, 3.63) is 63.4 Å². The minimum absolute atomic E-state index is 0.275. The molecule has 1 fully saturated rings. The molecular formula is C19H17Cl2FN2O2. The summed E-state index contributed by atoms with van der Waals surface area (Å²) < 4.78 is 13.2. The predicted octanol–water partition coefficient (Wildman–Crippen LogP) is 4.68. The molecule has 3 rings (SSSR count). The number of amides is 2. The molecule has 26 heavy (non-hydrogen) atoms. The van der Waals surface area contributed by atoms with Gasteiger partial charge in [0.2, 0.25) is 5.91 Å². The molecule has 0 radical (unpaired) electrons. The molecule has 1 unspecified atom stereocenters. The first-order valence-corrected chi connectivity index (χ1v) is 8.95. The molecule has 0 aliphatic carbocycles. The average Bonchev–Trinajstić information content (AvgIpc) is 3.08. The van der Waals surface area contributed by atoms with E-state index in [0.29, 0.717) is 40.7 Å². The molecule has 0 saturated carbocycles. The van der Waals surface area contributed by atoms with E-state index in [1.807, 2.05) is 0 Å². The fourth-order valence-electron chi connectivity index (χ4n) is 3.08. The first-order chi connectivity index (χ1) is 12.4. The maximum absolute atomic E-state index is 13.2. The van der Waals surface area contributed by atoms with Crippen LogP contribution in [0.1, 0.15) is 28.8 Å². The lowest BCUT2D eigenvalue weighted by Crippen LogP contribution is -2.43. The van der Waals surface area contributed by atoms with E-state index in [1.54, 1.807) is 19.1 Å². The van der Waals surface area contributed by atoms with Crippen molar-refractivity contribution in [2.24, 2.45) is 0 Å². The Morgan fingerprint density at radius 3 is 2.69 bits per heavy atom. The van der Waals surface area contributed by atoms with Crippen LogP contribution in [0, 0.1) is 12.7 Å². The molecule has 0 bridgehead atoms. The van der Waals surface area contributed by atoms with Gasteiger partial charge < -0.3 is 10.2 Å². The van der Waals surface area contributed by atoms with Gasteiger partial charge in [-0.1, -0.05) is 23.2 Å². The minimum Gasteiger partial charge on any atom is -0.327 e. The number of nitrogens with zero attached hydrogens (tertiary/aromatic N) is 1. The Bertz CT molecular complexity index is 873. The van der Waals surface area contributed by atoms with Crippen LogP contribution in [0.5, 0.6) is 0 Å². The first-order valence-electron chi connectivity index (χ1n) is 8.20. The van der Waals surface area contributed by atoms with Gasteiger partial charge in [-0.2, -0.15) is 0 Å². The lowest BCUT2D eigenvalue weighted by Gasteiger charge is -2.25. The molecule has 1 N–H and O–H groups in total. The number of rotatable bonds is 3. The molecule has 0 spiro atoms. The van der Waals surface area contributed by atoms with Gasteiger partial charge in [-0.05, 0) is 61.7 Å². The van der Waals surface area contributed by atoms with Gasteiger partial charge in [0, 0.05) is 17.3 Å². The van der Waals surface area contributed by atoms with Gasteiger partial charge in [-0.15, -0.1) is 0 Å². The summed E-state index contributed by atoms with van der Waals surface area (Å²) in [6, 6.07) is 8.20. The van der Waals surface area contributed by atoms with E-state index < -0.39 is 6.04 Å². The van der Waals surface area contributed by atoms with E-state index in [2.05, 4.69) is 5.32 Å². The van der Waals surface area contributed by atoms with Gasteiger partial charge in [0.05, 0.1) is 10.6 Å². The lowest BCUT2D eigenvalue weighted by atomic mass is 10.1. The Morgan fingerprint density at radius 1 is 1.19 bits per heavy atom. The number of benzene rings is 2. The third kappa shape index (κ3) is 3.84. The molecular weight excluding hydrogens is 378 g/mol. The van der Waals surface area contributed by atoms with Gasteiger partial charge in [0.25, 0.3) is 5.91 Å². The highest BCUT2D eigenvalue weighted by atomic mass is 35.5. The Balaban J connectivity index is 1.80. The van der Waals surface area contributed by atoms with Crippen LogP contribution in [-0.2, 0) is 4.79 Å². The van der Waals surface area contributed by atoms with Gasteiger partial charge in [-0.3, -0.25) is 9.59 Å². The summed E-state index contributed by atoms with van der Waals surface area (Å²) in [7, 11) is 0. The van der Waals surface area contributed by atoms with Crippen molar-refractivity contribution in [2.75, 3.05) is 11.9 Å². The van der Waals surface area contributed by atoms with Gasteiger partial charge in [-0.25, -0.2) is 4.39 Å². The SMILES string of the molecule is Cc1cc(F)ccc1NC(=O)C1CCCN1C(=O)c1cc(Cl)ccc1Cl. The quantitative estimate of drug-likeness (QED) is 0.820. The smallest absolute Gasteiger partial charge is 0.256 e. The van der Waals surface area contributed by atoms with Crippen LogP contribution in [0.3, 0.4) is 0 Å². The van der Waals surface area contributed by atoms with Crippen LogP contribution in [0.15, 0.2) is 36.4 Å². The standard InChI is InChI=1S/C19H17Cl2FN2O2/c1-11-9-13(22)5-7-16(11)23-18(25)17-3-2-8-24(17)19(26)14-10-12(20)4-6-15(14)21/h4-7,9-10,17H,2-3,8H2,1H3,(H,23,25).